The summed E-state index contributed by atoms with van der Waals surface area (Å²) in [6, 6.07) is 11.7. The molecule has 4 aromatic rings. The molecule has 0 spiro atoms. The van der Waals surface area contributed by atoms with E-state index in [1.165, 1.54) is 18.2 Å². The molecule has 2 aromatic heterocycles. The highest BCUT2D eigenvalue weighted by atomic mass is 35.5. The summed E-state index contributed by atoms with van der Waals surface area (Å²) in [5.41, 5.74) is 1.94. The van der Waals surface area contributed by atoms with Crippen molar-refractivity contribution in [2.24, 2.45) is 0 Å². The summed E-state index contributed by atoms with van der Waals surface area (Å²) >= 11 is 11.9. The molecular weight excluding hydrogens is 522 g/mol. The number of H-pyrrole nitrogens is 1. The Kier molecular flexibility index (Phi) is 7.99. The molecule has 194 valence electrons. The monoisotopic (exact) mass is 546 g/mol. The maximum Gasteiger partial charge on any atom is 0.407 e. The first-order chi connectivity index (χ1) is 17.6. The average molecular weight is 547 g/mol. The van der Waals surface area contributed by atoms with Crippen LogP contribution < -0.4 is 15.4 Å². The van der Waals surface area contributed by atoms with Crippen molar-refractivity contribution in [3.63, 3.8) is 0 Å². The van der Waals surface area contributed by atoms with Gasteiger partial charge in [-0.25, -0.2) is 19.2 Å². The first-order valence-electron chi connectivity index (χ1n) is 11.4. The van der Waals surface area contributed by atoms with E-state index in [1.54, 1.807) is 26.8 Å². The fourth-order valence-corrected chi connectivity index (χ4v) is 3.91. The number of nitrogens with zero attached hydrogens (tertiary/aromatic N) is 3. The van der Waals surface area contributed by atoms with Gasteiger partial charge in [0.2, 0.25) is 5.28 Å². The van der Waals surface area contributed by atoms with Gasteiger partial charge in [0.15, 0.2) is 5.82 Å². The standard InChI is InChI=1S/C25H25Cl2FN6O3/c1-25(2,3)37-24(35)29-8-9-36-19-12-16(28)6-5-15(19)10-14-4-7-18-17(11-14)22(34-33-18)31-21-13-20(26)30-23(27)32-21/h4-7,11-13H,8-10H2,1-3H3,(H,29,35)(H2,30,31,32,33,34). The summed E-state index contributed by atoms with van der Waals surface area (Å²) in [6.07, 6.45) is -0.0687. The molecule has 9 nitrogen and oxygen atoms in total. The van der Waals surface area contributed by atoms with Gasteiger partial charge in [-0.3, -0.25) is 5.10 Å². The molecular formula is C25H25Cl2FN6O3. The third-order valence-electron chi connectivity index (χ3n) is 4.99. The normalized spacial score (nSPS) is 11.4. The lowest BCUT2D eigenvalue weighted by Gasteiger charge is -2.19. The lowest BCUT2D eigenvalue weighted by Crippen LogP contribution is -2.34. The third-order valence-corrected chi connectivity index (χ3v) is 5.36. The van der Waals surface area contributed by atoms with Crippen LogP contribution in [0.5, 0.6) is 5.75 Å². The van der Waals surface area contributed by atoms with Gasteiger partial charge in [-0.15, -0.1) is 0 Å². The highest BCUT2D eigenvalue weighted by Gasteiger charge is 2.16. The van der Waals surface area contributed by atoms with Gasteiger partial charge in [0, 0.05) is 23.9 Å². The lowest BCUT2D eigenvalue weighted by molar-refractivity contribution is 0.0520. The maximum atomic E-state index is 14.0. The number of anilines is 2. The van der Waals surface area contributed by atoms with E-state index in [0.717, 1.165) is 22.0 Å². The third kappa shape index (κ3) is 7.43. The number of carbonyl (C=O) groups is 1. The molecule has 0 saturated carbocycles. The minimum absolute atomic E-state index is 0.0145. The maximum absolute atomic E-state index is 14.0. The Morgan fingerprint density at radius 3 is 2.68 bits per heavy atom. The molecule has 37 heavy (non-hydrogen) atoms. The molecule has 2 aromatic carbocycles. The minimum Gasteiger partial charge on any atom is -0.491 e. The fraction of sp³-hybridized carbons (Fsp3) is 0.280. The summed E-state index contributed by atoms with van der Waals surface area (Å²) in [5, 5.41) is 14.0. The largest absolute Gasteiger partial charge is 0.491 e. The smallest absolute Gasteiger partial charge is 0.407 e. The van der Waals surface area contributed by atoms with E-state index >= 15 is 0 Å². The zero-order valence-corrected chi connectivity index (χ0v) is 21.9. The molecule has 3 N–H and O–H groups in total. The lowest BCUT2D eigenvalue weighted by atomic mass is 10.0. The molecule has 0 saturated heterocycles. The van der Waals surface area contributed by atoms with Crippen LogP contribution in [0.3, 0.4) is 0 Å². The molecule has 0 fully saturated rings. The summed E-state index contributed by atoms with van der Waals surface area (Å²) in [5.74, 6) is 0.907. The second-order valence-electron chi connectivity index (χ2n) is 9.13. The Labute approximate surface area is 222 Å². The van der Waals surface area contributed by atoms with E-state index in [0.29, 0.717) is 23.8 Å². The average Bonchev–Trinajstić information content (AvgIpc) is 3.18. The van der Waals surface area contributed by atoms with Crippen molar-refractivity contribution >= 4 is 51.8 Å². The fourth-order valence-electron chi connectivity index (χ4n) is 3.50. The van der Waals surface area contributed by atoms with E-state index < -0.39 is 17.5 Å². The number of alkyl carbamates (subject to hydrolysis) is 1. The Bertz CT molecular complexity index is 1400. The molecule has 12 heteroatoms. The van der Waals surface area contributed by atoms with E-state index in [4.69, 9.17) is 32.7 Å². The Morgan fingerprint density at radius 1 is 1.11 bits per heavy atom. The molecule has 0 unspecified atom stereocenters. The van der Waals surface area contributed by atoms with E-state index in [2.05, 4.69) is 30.8 Å². The van der Waals surface area contributed by atoms with Crippen molar-refractivity contribution < 1.29 is 18.7 Å². The van der Waals surface area contributed by atoms with Gasteiger partial charge in [-0.1, -0.05) is 23.7 Å². The molecule has 0 bridgehead atoms. The minimum atomic E-state index is -0.596. The Hall–Kier alpha value is -3.63. The van der Waals surface area contributed by atoms with E-state index in [1.807, 2.05) is 18.2 Å². The molecule has 2 heterocycles. The number of aromatic amines is 1. The van der Waals surface area contributed by atoms with Crippen molar-refractivity contribution in [3.8, 4) is 5.75 Å². The predicted molar refractivity (Wildman–Crippen MR) is 140 cm³/mol. The summed E-state index contributed by atoms with van der Waals surface area (Å²) < 4.78 is 25.0. The van der Waals surface area contributed by atoms with Crippen LogP contribution >= 0.6 is 23.2 Å². The summed E-state index contributed by atoms with van der Waals surface area (Å²) in [7, 11) is 0. The van der Waals surface area contributed by atoms with Gasteiger partial charge in [-0.05, 0) is 61.7 Å². The number of benzene rings is 2. The van der Waals surface area contributed by atoms with Crippen LogP contribution in [0.2, 0.25) is 10.4 Å². The van der Waals surface area contributed by atoms with Crippen LogP contribution in [0, 0.1) is 5.82 Å². The number of halogens is 3. The van der Waals surface area contributed by atoms with Crippen LogP contribution in [-0.4, -0.2) is 45.0 Å². The van der Waals surface area contributed by atoms with Crippen molar-refractivity contribution in [1.29, 1.82) is 0 Å². The molecule has 0 atom stereocenters. The van der Waals surface area contributed by atoms with Crippen LogP contribution in [0.15, 0.2) is 42.5 Å². The first kappa shape index (κ1) is 26.4. The van der Waals surface area contributed by atoms with Crippen molar-refractivity contribution in [2.75, 3.05) is 18.5 Å². The highest BCUT2D eigenvalue weighted by molar-refractivity contribution is 6.32. The molecule has 0 radical (unpaired) electrons. The zero-order chi connectivity index (χ0) is 26.6. The number of rotatable bonds is 8. The second kappa shape index (κ2) is 11.2. The number of amides is 1. The quantitative estimate of drug-likeness (QED) is 0.140. The predicted octanol–water partition coefficient (Wildman–Crippen LogP) is 6.04. The number of aromatic nitrogens is 4. The second-order valence-corrected chi connectivity index (χ2v) is 9.85. The van der Waals surface area contributed by atoms with Crippen LogP contribution in [0.4, 0.5) is 20.8 Å². The van der Waals surface area contributed by atoms with Crippen molar-refractivity contribution in [1.82, 2.24) is 25.5 Å². The molecule has 0 aliphatic carbocycles. The van der Waals surface area contributed by atoms with E-state index in [9.17, 15) is 9.18 Å². The Morgan fingerprint density at radius 2 is 1.92 bits per heavy atom. The molecule has 4 rings (SSSR count). The number of carbonyl (C=O) groups excluding carboxylic acids is 1. The van der Waals surface area contributed by atoms with Crippen LogP contribution in [-0.2, 0) is 11.2 Å². The highest BCUT2D eigenvalue weighted by Crippen LogP contribution is 2.28. The van der Waals surface area contributed by atoms with Gasteiger partial charge in [0.25, 0.3) is 0 Å². The molecule has 0 aliphatic rings. The van der Waals surface area contributed by atoms with Crippen molar-refractivity contribution in [2.45, 2.75) is 32.8 Å². The van der Waals surface area contributed by atoms with Gasteiger partial charge >= 0.3 is 6.09 Å². The SMILES string of the molecule is CC(C)(C)OC(=O)NCCOc1cc(F)ccc1Cc1ccc2[nH]nc(Nc3cc(Cl)nc(Cl)n3)c2c1. The first-order valence-corrected chi connectivity index (χ1v) is 12.1. The number of fused-ring (bicyclic) bond motifs is 1. The number of hydrogen-bond donors (Lipinski definition) is 3. The Balaban J connectivity index is 1.46. The zero-order valence-electron chi connectivity index (χ0n) is 20.4. The summed E-state index contributed by atoms with van der Waals surface area (Å²) in [6.45, 7) is 5.70. The number of nitrogens with one attached hydrogen (secondary N) is 3. The van der Waals surface area contributed by atoms with Gasteiger partial charge < -0.3 is 20.1 Å². The van der Waals surface area contributed by atoms with Crippen molar-refractivity contribution in [3.05, 3.63) is 69.8 Å². The van der Waals surface area contributed by atoms with E-state index in [-0.39, 0.29) is 23.6 Å². The van der Waals surface area contributed by atoms with Gasteiger partial charge in [0.05, 0.1) is 12.1 Å². The number of hydrogen-bond acceptors (Lipinski definition) is 7. The molecule has 0 aliphatic heterocycles. The molecule has 1 amide bonds. The van der Waals surface area contributed by atoms with Gasteiger partial charge in [-0.2, -0.15) is 5.10 Å². The topological polar surface area (TPSA) is 114 Å². The van der Waals surface area contributed by atoms with Crippen LogP contribution in [0.25, 0.3) is 10.9 Å². The van der Waals surface area contributed by atoms with Gasteiger partial charge in [0.1, 0.15) is 34.7 Å². The number of ether oxygens (including phenoxy) is 2. The van der Waals surface area contributed by atoms with Crippen LogP contribution in [0.1, 0.15) is 31.9 Å². The summed E-state index contributed by atoms with van der Waals surface area (Å²) in [4.78, 5) is 19.8.